The van der Waals surface area contributed by atoms with Crippen molar-refractivity contribution < 1.29 is 23.5 Å². The number of amides is 2. The number of hydrogen-bond acceptors (Lipinski definition) is 10. The third kappa shape index (κ3) is 8.76. The van der Waals surface area contributed by atoms with Gasteiger partial charge in [-0.1, -0.05) is 63.7 Å². The van der Waals surface area contributed by atoms with E-state index in [4.69, 9.17) is 23.9 Å². The summed E-state index contributed by atoms with van der Waals surface area (Å²) in [7, 11) is -2.21. The van der Waals surface area contributed by atoms with Crippen molar-refractivity contribution in [3.63, 3.8) is 0 Å². The van der Waals surface area contributed by atoms with Crippen molar-refractivity contribution in [1.82, 2.24) is 19.8 Å². The van der Waals surface area contributed by atoms with E-state index in [1.165, 1.54) is 16.8 Å². The van der Waals surface area contributed by atoms with Crippen LogP contribution in [0.2, 0.25) is 18.1 Å². The van der Waals surface area contributed by atoms with Crippen molar-refractivity contribution >= 4 is 42.6 Å². The van der Waals surface area contributed by atoms with E-state index in [9.17, 15) is 14.9 Å². The van der Waals surface area contributed by atoms with Gasteiger partial charge < -0.3 is 28.6 Å². The lowest BCUT2D eigenvalue weighted by Crippen LogP contribution is -2.55. The zero-order valence-corrected chi connectivity index (χ0v) is 34.8. The number of carbonyl (C=O) groups excluding carboxylic acids is 2. The average molecular weight is 768 g/mol. The van der Waals surface area contributed by atoms with Crippen LogP contribution in [0.5, 0.6) is 6.01 Å². The number of piperazine rings is 1. The van der Waals surface area contributed by atoms with Gasteiger partial charge in [0.05, 0.1) is 42.9 Å². The highest BCUT2D eigenvalue weighted by atomic mass is 28.4. The van der Waals surface area contributed by atoms with Gasteiger partial charge in [-0.3, -0.25) is 9.69 Å². The molecule has 0 radical (unpaired) electrons. The van der Waals surface area contributed by atoms with Crippen LogP contribution in [-0.4, -0.2) is 103 Å². The van der Waals surface area contributed by atoms with Crippen molar-refractivity contribution in [2.24, 2.45) is 0 Å². The van der Waals surface area contributed by atoms with Crippen molar-refractivity contribution in [1.29, 1.82) is 5.26 Å². The van der Waals surface area contributed by atoms with Gasteiger partial charge in [-0.25, -0.2) is 4.79 Å². The largest absolute Gasteiger partial charge is 0.461 e. The standard InChI is InChI=1S/C42H57N7O5Si/c1-10-37(50)48-25-24-47(26-30(48)18-21-43)38-32-19-22-46(34-17-13-15-29-14-11-12-16-31(29)34)27-33(32)44-39(45-38)52-28-35-36(54-55(8,9)42(5,6)7)20-23-49(35)40(51)53-41(2,3)4/h10-17,30,35-36H,1,18-20,22-28H2,2-9H3/t30-,35+,36?/m0/s1. The molecule has 2 saturated heterocycles. The second-order valence-electron chi connectivity index (χ2n) is 17.4. The minimum absolute atomic E-state index is 0.0199. The number of carbonyl (C=O) groups is 2. The van der Waals surface area contributed by atoms with Crippen molar-refractivity contribution in [2.45, 2.75) is 109 Å². The third-order valence-electron chi connectivity index (χ3n) is 11.4. The van der Waals surface area contributed by atoms with Crippen LogP contribution in [0.15, 0.2) is 55.1 Å². The van der Waals surface area contributed by atoms with Crippen molar-refractivity contribution in [3.8, 4) is 12.1 Å². The maximum atomic E-state index is 13.6. The SMILES string of the molecule is C=CC(=O)N1CCN(c2nc(OC[C@@H]3C(O[Si](C)(C)C(C)(C)C)CCN3C(=O)OC(C)(C)C)nc3c2CCN(c2cccc4ccccc24)C3)C[C@@H]1CC#N. The third-order valence-corrected chi connectivity index (χ3v) is 15.9. The number of nitrogens with zero attached hydrogens (tertiary/aromatic N) is 7. The van der Waals surface area contributed by atoms with Crippen LogP contribution in [0.25, 0.3) is 10.8 Å². The Kier molecular flexibility index (Phi) is 11.5. The van der Waals surface area contributed by atoms with Gasteiger partial charge in [0, 0.05) is 49.4 Å². The predicted molar refractivity (Wildman–Crippen MR) is 218 cm³/mol. The topological polar surface area (TPSA) is 124 Å². The minimum Gasteiger partial charge on any atom is -0.461 e. The second-order valence-corrected chi connectivity index (χ2v) is 22.1. The van der Waals surface area contributed by atoms with Crippen LogP contribution < -0.4 is 14.5 Å². The number of benzene rings is 2. The summed E-state index contributed by atoms with van der Waals surface area (Å²) < 4.78 is 19.4. The highest BCUT2D eigenvalue weighted by Crippen LogP contribution is 2.40. The maximum Gasteiger partial charge on any atom is 0.410 e. The van der Waals surface area contributed by atoms with E-state index >= 15 is 0 Å². The molecule has 55 heavy (non-hydrogen) atoms. The quantitative estimate of drug-likeness (QED) is 0.165. The number of fused-ring (bicyclic) bond motifs is 2. The van der Waals surface area contributed by atoms with Gasteiger partial charge in [-0.05, 0) is 69.3 Å². The number of rotatable bonds is 9. The molecule has 1 unspecified atom stereocenters. The summed E-state index contributed by atoms with van der Waals surface area (Å²) in [5, 5.41) is 12.0. The Morgan fingerprint density at radius 2 is 1.73 bits per heavy atom. The Morgan fingerprint density at radius 1 is 0.982 bits per heavy atom. The molecule has 2 aromatic carbocycles. The van der Waals surface area contributed by atoms with E-state index < -0.39 is 26.1 Å². The molecule has 3 atom stereocenters. The van der Waals surface area contributed by atoms with Crippen LogP contribution in [0, 0.1) is 11.3 Å². The van der Waals surface area contributed by atoms with Crippen molar-refractivity contribution in [2.75, 3.05) is 49.1 Å². The first-order chi connectivity index (χ1) is 26.0. The van der Waals surface area contributed by atoms with Gasteiger partial charge in [0.25, 0.3) is 0 Å². The van der Waals surface area contributed by atoms with Gasteiger partial charge >= 0.3 is 12.1 Å². The Hall–Kier alpha value is -4.67. The maximum absolute atomic E-state index is 13.6. The Bertz CT molecular complexity index is 1950. The number of ether oxygens (including phenoxy) is 2. The summed E-state index contributed by atoms with van der Waals surface area (Å²) in [6, 6.07) is 16.5. The van der Waals surface area contributed by atoms with E-state index in [-0.39, 0.29) is 42.1 Å². The Morgan fingerprint density at radius 3 is 2.44 bits per heavy atom. The fraction of sp³-hybridized carbons (Fsp3) is 0.548. The lowest BCUT2D eigenvalue weighted by Gasteiger charge is -2.42. The molecule has 12 nitrogen and oxygen atoms in total. The average Bonchev–Trinajstić information content (AvgIpc) is 3.53. The molecule has 3 aliphatic rings. The highest BCUT2D eigenvalue weighted by Gasteiger charge is 2.46. The number of aromatic nitrogens is 2. The van der Waals surface area contributed by atoms with Gasteiger partial charge in [0.1, 0.15) is 18.0 Å². The molecular weight excluding hydrogens is 711 g/mol. The first-order valence-corrected chi connectivity index (χ1v) is 22.4. The van der Waals surface area contributed by atoms with Gasteiger partial charge in [0.15, 0.2) is 8.32 Å². The molecule has 0 saturated carbocycles. The van der Waals surface area contributed by atoms with Crippen molar-refractivity contribution in [3.05, 3.63) is 66.4 Å². The summed E-state index contributed by atoms with van der Waals surface area (Å²) in [6.45, 7) is 23.7. The van der Waals surface area contributed by atoms with Crippen LogP contribution in [0.4, 0.5) is 16.3 Å². The fourth-order valence-electron chi connectivity index (χ4n) is 7.56. The first kappa shape index (κ1) is 40.0. The molecule has 3 aliphatic heterocycles. The molecule has 0 spiro atoms. The molecule has 13 heteroatoms. The summed E-state index contributed by atoms with van der Waals surface area (Å²) in [5.41, 5.74) is 2.39. The second kappa shape index (κ2) is 15.8. The van der Waals surface area contributed by atoms with Crippen LogP contribution >= 0.6 is 0 Å². The molecule has 294 valence electrons. The molecular formula is C42H57N7O5Si. The van der Waals surface area contributed by atoms with E-state index in [1.54, 1.807) is 9.80 Å². The molecule has 3 aromatic rings. The molecule has 0 N–H and O–H groups in total. The first-order valence-electron chi connectivity index (χ1n) is 19.5. The summed E-state index contributed by atoms with van der Waals surface area (Å²) >= 11 is 0. The summed E-state index contributed by atoms with van der Waals surface area (Å²) in [4.78, 5) is 44.5. The smallest absolute Gasteiger partial charge is 0.410 e. The molecule has 1 aromatic heterocycles. The Labute approximate surface area is 327 Å². The van der Waals surface area contributed by atoms with Gasteiger partial charge in [-0.15, -0.1) is 0 Å². The summed E-state index contributed by atoms with van der Waals surface area (Å²) in [5.74, 6) is 0.579. The molecule has 6 rings (SSSR count). The summed E-state index contributed by atoms with van der Waals surface area (Å²) in [6.07, 6.45) is 2.25. The Balaban J connectivity index is 1.35. The molecule has 2 amide bonds. The van der Waals surface area contributed by atoms with E-state index in [0.29, 0.717) is 45.6 Å². The zero-order valence-electron chi connectivity index (χ0n) is 33.8. The van der Waals surface area contributed by atoms with Crippen LogP contribution in [0.3, 0.4) is 0 Å². The fourth-order valence-corrected chi connectivity index (χ4v) is 8.95. The number of likely N-dealkylation sites (tertiary alicyclic amines) is 1. The number of nitriles is 1. The monoisotopic (exact) mass is 767 g/mol. The number of anilines is 2. The van der Waals surface area contributed by atoms with Crippen LogP contribution in [0.1, 0.15) is 65.6 Å². The number of hydrogen-bond donors (Lipinski definition) is 0. The molecule has 4 heterocycles. The molecule has 0 aliphatic carbocycles. The zero-order chi connectivity index (χ0) is 39.7. The van der Waals surface area contributed by atoms with E-state index in [0.717, 1.165) is 29.3 Å². The van der Waals surface area contributed by atoms with Crippen LogP contribution in [-0.2, 0) is 26.9 Å². The van der Waals surface area contributed by atoms with E-state index in [2.05, 4.69) is 98.8 Å². The molecule has 0 bridgehead atoms. The lowest BCUT2D eigenvalue weighted by atomic mass is 10.0. The van der Waals surface area contributed by atoms with E-state index in [1.807, 2.05) is 20.8 Å². The minimum atomic E-state index is -2.21. The van der Waals surface area contributed by atoms with Gasteiger partial charge in [0.2, 0.25) is 5.91 Å². The molecule has 2 fully saturated rings. The normalized spacial score (nSPS) is 20.6. The lowest BCUT2D eigenvalue weighted by molar-refractivity contribution is -0.128. The predicted octanol–water partition coefficient (Wildman–Crippen LogP) is 7.09. The van der Waals surface area contributed by atoms with Gasteiger partial charge in [-0.2, -0.15) is 15.2 Å². The highest BCUT2D eigenvalue weighted by molar-refractivity contribution is 6.74.